The minimum absolute atomic E-state index is 0.0410. The number of nitrogens with zero attached hydrogens (tertiary/aromatic N) is 3. The lowest BCUT2D eigenvalue weighted by Crippen LogP contribution is -2.40. The summed E-state index contributed by atoms with van der Waals surface area (Å²) in [6.45, 7) is 4.31. The summed E-state index contributed by atoms with van der Waals surface area (Å²) in [5, 5.41) is 8.97. The van der Waals surface area contributed by atoms with Crippen LogP contribution in [0.15, 0.2) is 54.6 Å². The van der Waals surface area contributed by atoms with Crippen LogP contribution in [0.1, 0.15) is 37.8 Å². The molecule has 1 fully saturated rings. The molecule has 0 bridgehead atoms. The molecule has 0 radical (unpaired) electrons. The fourth-order valence-corrected chi connectivity index (χ4v) is 3.77. The van der Waals surface area contributed by atoms with Crippen LogP contribution in [0.3, 0.4) is 0 Å². The summed E-state index contributed by atoms with van der Waals surface area (Å²) < 4.78 is 5.53. The smallest absolute Gasteiger partial charge is 0.241 e. The van der Waals surface area contributed by atoms with E-state index in [1.54, 1.807) is 4.90 Å². The van der Waals surface area contributed by atoms with Crippen molar-refractivity contribution >= 4 is 11.6 Å². The Kier molecular flexibility index (Phi) is 7.05. The molecule has 0 saturated carbocycles. The van der Waals surface area contributed by atoms with Crippen molar-refractivity contribution in [2.24, 2.45) is 0 Å². The van der Waals surface area contributed by atoms with E-state index in [0.717, 1.165) is 30.8 Å². The lowest BCUT2D eigenvalue weighted by molar-refractivity contribution is -0.120. The molecule has 5 nitrogen and oxygen atoms in total. The van der Waals surface area contributed by atoms with E-state index in [1.807, 2.05) is 49.4 Å². The molecule has 1 amide bonds. The fraction of sp³-hybridized carbons (Fsp3) is 0.391. The third kappa shape index (κ3) is 4.90. The molecule has 2 aromatic carbocycles. The summed E-state index contributed by atoms with van der Waals surface area (Å²) in [4.78, 5) is 17.1. The van der Waals surface area contributed by atoms with Crippen molar-refractivity contribution in [3.63, 3.8) is 0 Å². The van der Waals surface area contributed by atoms with Crippen LogP contribution in [0.5, 0.6) is 5.75 Å². The number of para-hydroxylation sites is 1. The second-order valence-electron chi connectivity index (χ2n) is 6.92. The first-order valence-corrected chi connectivity index (χ1v) is 9.92. The topological polar surface area (TPSA) is 56.6 Å². The van der Waals surface area contributed by atoms with Gasteiger partial charge in [0.2, 0.25) is 5.91 Å². The van der Waals surface area contributed by atoms with E-state index in [9.17, 15) is 4.79 Å². The summed E-state index contributed by atoms with van der Waals surface area (Å²) in [5.74, 6) is 0.915. The van der Waals surface area contributed by atoms with E-state index in [1.165, 1.54) is 5.56 Å². The maximum atomic E-state index is 13.1. The van der Waals surface area contributed by atoms with Crippen LogP contribution < -0.4 is 9.64 Å². The highest BCUT2D eigenvalue weighted by molar-refractivity contribution is 5.94. The molecular formula is C23H27N3O2. The molecule has 146 valence electrons. The first kappa shape index (κ1) is 19.9. The first-order chi connectivity index (χ1) is 13.7. The molecule has 0 unspecified atom stereocenters. The van der Waals surface area contributed by atoms with E-state index in [0.29, 0.717) is 26.1 Å². The molecule has 1 aliphatic rings. The number of likely N-dealkylation sites (tertiary alicyclic amines) is 1. The Morgan fingerprint density at radius 3 is 2.64 bits per heavy atom. The summed E-state index contributed by atoms with van der Waals surface area (Å²) >= 11 is 0. The van der Waals surface area contributed by atoms with Crippen LogP contribution in [-0.2, 0) is 4.79 Å². The highest BCUT2D eigenvalue weighted by atomic mass is 16.5. The molecule has 0 N–H and O–H groups in total. The normalized spacial score (nSPS) is 16.5. The van der Waals surface area contributed by atoms with Crippen LogP contribution in [0.4, 0.5) is 5.69 Å². The van der Waals surface area contributed by atoms with Gasteiger partial charge in [-0.15, -0.1) is 0 Å². The van der Waals surface area contributed by atoms with Gasteiger partial charge in [-0.05, 0) is 56.1 Å². The zero-order valence-corrected chi connectivity index (χ0v) is 16.4. The van der Waals surface area contributed by atoms with Gasteiger partial charge in [-0.3, -0.25) is 9.69 Å². The number of hydrogen-bond donors (Lipinski definition) is 0. The zero-order chi connectivity index (χ0) is 19.8. The minimum Gasteiger partial charge on any atom is -0.494 e. The van der Waals surface area contributed by atoms with Crippen LogP contribution in [0, 0.1) is 11.3 Å². The molecule has 1 heterocycles. The number of nitriles is 1. The lowest BCUT2D eigenvalue weighted by atomic mass is 10.0. The number of rotatable bonds is 8. The number of hydrogen-bond acceptors (Lipinski definition) is 4. The quantitative estimate of drug-likeness (QED) is 0.693. The van der Waals surface area contributed by atoms with E-state index in [4.69, 9.17) is 10.00 Å². The monoisotopic (exact) mass is 377 g/mol. The van der Waals surface area contributed by atoms with Gasteiger partial charge in [-0.2, -0.15) is 5.26 Å². The van der Waals surface area contributed by atoms with Crippen molar-refractivity contribution in [3.05, 3.63) is 60.2 Å². The van der Waals surface area contributed by atoms with Gasteiger partial charge in [0.05, 0.1) is 25.6 Å². The Hall–Kier alpha value is -2.84. The second kappa shape index (κ2) is 9.91. The van der Waals surface area contributed by atoms with Gasteiger partial charge in [0, 0.05) is 18.3 Å². The van der Waals surface area contributed by atoms with Crippen molar-refractivity contribution in [2.75, 3.05) is 31.1 Å². The fourth-order valence-electron chi connectivity index (χ4n) is 3.77. The predicted molar refractivity (Wildman–Crippen MR) is 110 cm³/mol. The van der Waals surface area contributed by atoms with Crippen LogP contribution >= 0.6 is 0 Å². The Morgan fingerprint density at radius 1 is 1.21 bits per heavy atom. The van der Waals surface area contributed by atoms with E-state index >= 15 is 0 Å². The number of carbonyl (C=O) groups excluding carboxylic acids is 1. The highest BCUT2D eigenvalue weighted by Gasteiger charge is 2.29. The first-order valence-electron chi connectivity index (χ1n) is 9.92. The summed E-state index contributed by atoms with van der Waals surface area (Å²) in [7, 11) is 0. The van der Waals surface area contributed by atoms with Crippen LogP contribution in [-0.4, -0.2) is 37.0 Å². The Bertz CT molecular complexity index is 799. The summed E-state index contributed by atoms with van der Waals surface area (Å²) in [6, 6.07) is 20.2. The molecule has 0 spiro atoms. The molecule has 1 atom stereocenters. The molecule has 0 aromatic heterocycles. The zero-order valence-electron chi connectivity index (χ0n) is 16.4. The minimum atomic E-state index is 0.0410. The van der Waals surface area contributed by atoms with Gasteiger partial charge in [-0.25, -0.2) is 0 Å². The lowest BCUT2D eigenvalue weighted by Gasteiger charge is -2.28. The molecule has 28 heavy (non-hydrogen) atoms. The van der Waals surface area contributed by atoms with E-state index < -0.39 is 0 Å². The molecule has 1 saturated heterocycles. The van der Waals surface area contributed by atoms with Crippen molar-refractivity contribution in [2.45, 2.75) is 32.2 Å². The van der Waals surface area contributed by atoms with Crippen molar-refractivity contribution < 1.29 is 9.53 Å². The van der Waals surface area contributed by atoms with E-state index in [2.05, 4.69) is 23.1 Å². The Morgan fingerprint density at radius 2 is 1.96 bits per heavy atom. The molecule has 0 aliphatic carbocycles. The SMILES string of the molecule is CCOc1ccc([C@H]2CCCN2CC(=O)N(CCC#N)c2ccccc2)cc1. The maximum Gasteiger partial charge on any atom is 0.241 e. The third-order valence-corrected chi connectivity index (χ3v) is 5.09. The average molecular weight is 377 g/mol. The number of amides is 1. The maximum absolute atomic E-state index is 13.1. The highest BCUT2D eigenvalue weighted by Crippen LogP contribution is 2.32. The van der Waals surface area contributed by atoms with Gasteiger partial charge in [-0.1, -0.05) is 30.3 Å². The van der Waals surface area contributed by atoms with E-state index in [-0.39, 0.29) is 11.9 Å². The molecule has 1 aliphatic heterocycles. The molecular weight excluding hydrogens is 350 g/mol. The average Bonchev–Trinajstić information content (AvgIpc) is 3.18. The van der Waals surface area contributed by atoms with Crippen molar-refractivity contribution in [1.82, 2.24) is 4.90 Å². The van der Waals surface area contributed by atoms with Crippen LogP contribution in [0.2, 0.25) is 0 Å². The number of carbonyl (C=O) groups is 1. The Labute approximate surface area is 167 Å². The second-order valence-corrected chi connectivity index (χ2v) is 6.92. The van der Waals surface area contributed by atoms with Gasteiger partial charge >= 0.3 is 0 Å². The van der Waals surface area contributed by atoms with Gasteiger partial charge in [0.25, 0.3) is 0 Å². The van der Waals surface area contributed by atoms with Crippen molar-refractivity contribution in [3.8, 4) is 11.8 Å². The number of benzene rings is 2. The van der Waals surface area contributed by atoms with Gasteiger partial charge in [0.15, 0.2) is 0 Å². The predicted octanol–water partition coefficient (Wildman–Crippen LogP) is 4.17. The van der Waals surface area contributed by atoms with Gasteiger partial charge in [0.1, 0.15) is 5.75 Å². The Balaban J connectivity index is 1.71. The molecule has 3 rings (SSSR count). The number of ether oxygens (including phenoxy) is 1. The van der Waals surface area contributed by atoms with Gasteiger partial charge < -0.3 is 9.64 Å². The third-order valence-electron chi connectivity index (χ3n) is 5.09. The number of anilines is 1. The molecule has 2 aromatic rings. The standard InChI is InChI=1S/C23H27N3O2/c1-2-28-21-13-11-19(12-14-21)22-10-6-16-25(22)18-23(27)26(17-7-15-24)20-8-4-3-5-9-20/h3-5,8-9,11-14,22H,2,6-7,10,16-18H2,1H3/t22-/m1/s1. The van der Waals surface area contributed by atoms with Crippen molar-refractivity contribution in [1.29, 1.82) is 5.26 Å². The summed E-state index contributed by atoms with van der Waals surface area (Å²) in [6.07, 6.45) is 2.45. The summed E-state index contributed by atoms with van der Waals surface area (Å²) in [5.41, 5.74) is 2.07. The molecule has 5 heteroatoms. The van der Waals surface area contributed by atoms with Crippen LogP contribution in [0.25, 0.3) is 0 Å². The largest absolute Gasteiger partial charge is 0.494 e.